The number of pyridine rings is 1. The second-order valence-electron chi connectivity index (χ2n) is 8.01. The summed E-state index contributed by atoms with van der Waals surface area (Å²) in [5, 5.41) is 7.52. The van der Waals surface area contributed by atoms with Gasteiger partial charge in [0.05, 0.1) is 30.3 Å². The number of hydrogen-bond acceptors (Lipinski definition) is 5. The highest BCUT2D eigenvalue weighted by atomic mass is 16.5. The molecule has 2 aromatic carbocycles. The molecule has 0 unspecified atom stereocenters. The first-order valence-corrected chi connectivity index (χ1v) is 11.1. The van der Waals surface area contributed by atoms with Crippen LogP contribution in [0.15, 0.2) is 71.4 Å². The number of benzene rings is 2. The summed E-state index contributed by atoms with van der Waals surface area (Å²) in [7, 11) is 1.67. The van der Waals surface area contributed by atoms with Crippen LogP contribution in [0.25, 0.3) is 17.0 Å². The lowest BCUT2D eigenvalue weighted by atomic mass is 9.92. The molecule has 5 rings (SSSR count). The molecule has 4 aromatic rings. The number of anilines is 3. The van der Waals surface area contributed by atoms with Crippen LogP contribution < -0.4 is 15.4 Å². The fourth-order valence-electron chi connectivity index (χ4n) is 4.25. The van der Waals surface area contributed by atoms with Crippen molar-refractivity contribution in [3.8, 4) is 5.75 Å². The Balaban J connectivity index is 1.52. The summed E-state index contributed by atoms with van der Waals surface area (Å²) in [6.07, 6.45) is 8.90. The number of furan rings is 1. The van der Waals surface area contributed by atoms with Crippen molar-refractivity contribution >= 4 is 39.9 Å². The lowest BCUT2D eigenvalue weighted by molar-refractivity contribution is -0.111. The van der Waals surface area contributed by atoms with E-state index in [4.69, 9.17) is 14.1 Å². The van der Waals surface area contributed by atoms with E-state index in [-0.39, 0.29) is 5.91 Å². The van der Waals surface area contributed by atoms with E-state index in [1.807, 2.05) is 42.5 Å². The number of aryl methyl sites for hydroxylation is 1. The van der Waals surface area contributed by atoms with E-state index >= 15 is 0 Å². The quantitative estimate of drug-likeness (QED) is 0.355. The van der Waals surface area contributed by atoms with Crippen LogP contribution >= 0.6 is 0 Å². The monoisotopic (exact) mass is 439 g/mol. The van der Waals surface area contributed by atoms with Crippen LogP contribution in [0.2, 0.25) is 0 Å². The minimum absolute atomic E-state index is 0.226. The Hall–Kier alpha value is -4.06. The molecular weight excluding hydrogens is 414 g/mol. The second kappa shape index (κ2) is 9.20. The van der Waals surface area contributed by atoms with Crippen molar-refractivity contribution < 1.29 is 13.9 Å². The molecule has 0 saturated heterocycles. The van der Waals surface area contributed by atoms with Crippen molar-refractivity contribution in [1.29, 1.82) is 0 Å². The lowest BCUT2D eigenvalue weighted by Gasteiger charge is -2.22. The molecule has 2 heterocycles. The Kier molecular flexibility index (Phi) is 5.81. The average molecular weight is 440 g/mol. The van der Waals surface area contributed by atoms with E-state index in [1.54, 1.807) is 31.6 Å². The molecule has 1 aliphatic carbocycles. The van der Waals surface area contributed by atoms with Gasteiger partial charge in [0, 0.05) is 22.8 Å². The van der Waals surface area contributed by atoms with Crippen LogP contribution in [0.5, 0.6) is 5.75 Å². The Morgan fingerprint density at radius 2 is 1.97 bits per heavy atom. The van der Waals surface area contributed by atoms with Crippen molar-refractivity contribution in [1.82, 2.24) is 4.98 Å². The highest BCUT2D eigenvalue weighted by Crippen LogP contribution is 2.38. The molecule has 0 bridgehead atoms. The molecule has 1 amide bonds. The maximum absolute atomic E-state index is 12.4. The third kappa shape index (κ3) is 4.46. The molecule has 2 aromatic heterocycles. The number of methoxy groups -OCH3 is 1. The molecule has 33 heavy (non-hydrogen) atoms. The highest BCUT2D eigenvalue weighted by molar-refractivity contribution is 6.04. The van der Waals surface area contributed by atoms with Crippen LogP contribution in [0.3, 0.4) is 0 Å². The van der Waals surface area contributed by atoms with Crippen LogP contribution in [0, 0.1) is 0 Å². The third-order valence-corrected chi connectivity index (χ3v) is 5.84. The summed E-state index contributed by atoms with van der Waals surface area (Å²) in [6.45, 7) is 0. The summed E-state index contributed by atoms with van der Waals surface area (Å²) in [4.78, 5) is 17.4. The molecule has 2 N–H and O–H groups in total. The summed E-state index contributed by atoms with van der Waals surface area (Å²) in [5.41, 5.74) is 5.91. The van der Waals surface area contributed by atoms with Gasteiger partial charge in [-0.1, -0.05) is 12.1 Å². The number of rotatable bonds is 6. The SMILES string of the molecule is COc1ccccc1Nc1c2c(nc3ccc(NC(=O)/C=C/c4ccco4)cc13)CCCC2. The second-order valence-corrected chi connectivity index (χ2v) is 8.01. The van der Waals surface area contributed by atoms with Crippen LogP contribution in [0.4, 0.5) is 17.1 Å². The molecule has 0 radical (unpaired) electrons. The average Bonchev–Trinajstić information content (AvgIpc) is 3.37. The van der Waals surface area contributed by atoms with Gasteiger partial charge < -0.3 is 19.8 Å². The number of carbonyl (C=O) groups excluding carboxylic acids is 1. The molecule has 0 spiro atoms. The van der Waals surface area contributed by atoms with E-state index in [0.29, 0.717) is 11.4 Å². The highest BCUT2D eigenvalue weighted by Gasteiger charge is 2.19. The predicted octanol–water partition coefficient (Wildman–Crippen LogP) is 6.11. The molecule has 0 atom stereocenters. The van der Waals surface area contributed by atoms with E-state index in [9.17, 15) is 4.79 Å². The fraction of sp³-hybridized carbons (Fsp3) is 0.185. The van der Waals surface area contributed by atoms with Crippen molar-refractivity contribution in [2.45, 2.75) is 25.7 Å². The first-order chi connectivity index (χ1) is 16.2. The minimum Gasteiger partial charge on any atom is -0.495 e. The van der Waals surface area contributed by atoms with Crippen LogP contribution in [-0.4, -0.2) is 18.0 Å². The number of hydrogen-bond donors (Lipinski definition) is 2. The van der Waals surface area contributed by atoms with Crippen LogP contribution in [0.1, 0.15) is 29.9 Å². The number of para-hydroxylation sites is 2. The number of amides is 1. The van der Waals surface area contributed by atoms with Gasteiger partial charge in [-0.05, 0) is 79.8 Å². The van der Waals surface area contributed by atoms with Crippen molar-refractivity contribution in [3.63, 3.8) is 0 Å². The first kappa shape index (κ1) is 20.8. The zero-order valence-corrected chi connectivity index (χ0v) is 18.4. The maximum Gasteiger partial charge on any atom is 0.248 e. The van der Waals surface area contributed by atoms with E-state index in [0.717, 1.165) is 59.4 Å². The third-order valence-electron chi connectivity index (χ3n) is 5.84. The largest absolute Gasteiger partial charge is 0.495 e. The number of carbonyl (C=O) groups is 1. The fourth-order valence-corrected chi connectivity index (χ4v) is 4.25. The van der Waals surface area contributed by atoms with Crippen molar-refractivity contribution in [3.05, 3.63) is 84.0 Å². The smallest absolute Gasteiger partial charge is 0.248 e. The summed E-state index contributed by atoms with van der Waals surface area (Å²) >= 11 is 0. The number of aromatic nitrogens is 1. The molecule has 6 heteroatoms. The Bertz CT molecular complexity index is 1330. The summed E-state index contributed by atoms with van der Waals surface area (Å²) in [6, 6.07) is 17.3. The molecular formula is C27H25N3O3. The maximum atomic E-state index is 12.4. The minimum atomic E-state index is -0.226. The van der Waals surface area contributed by atoms with Gasteiger partial charge in [0.1, 0.15) is 11.5 Å². The van der Waals surface area contributed by atoms with Gasteiger partial charge >= 0.3 is 0 Å². The molecule has 0 saturated carbocycles. The Labute approximate surface area is 192 Å². The van der Waals surface area contributed by atoms with Gasteiger partial charge in [-0.3, -0.25) is 9.78 Å². The van der Waals surface area contributed by atoms with Gasteiger partial charge in [-0.15, -0.1) is 0 Å². The zero-order valence-electron chi connectivity index (χ0n) is 18.4. The number of nitrogens with zero attached hydrogens (tertiary/aromatic N) is 1. The normalized spacial score (nSPS) is 13.1. The summed E-state index contributed by atoms with van der Waals surface area (Å²) in [5.74, 6) is 1.18. The number of fused-ring (bicyclic) bond motifs is 2. The Morgan fingerprint density at radius 1 is 1.09 bits per heavy atom. The van der Waals surface area contributed by atoms with E-state index < -0.39 is 0 Å². The molecule has 166 valence electrons. The van der Waals surface area contributed by atoms with E-state index in [2.05, 4.69) is 10.6 Å². The van der Waals surface area contributed by atoms with Gasteiger partial charge in [-0.2, -0.15) is 0 Å². The van der Waals surface area contributed by atoms with E-state index in [1.165, 1.54) is 11.6 Å². The molecule has 0 fully saturated rings. The zero-order chi connectivity index (χ0) is 22.6. The van der Waals surface area contributed by atoms with Crippen molar-refractivity contribution in [2.75, 3.05) is 17.7 Å². The number of ether oxygens (including phenoxy) is 1. The predicted molar refractivity (Wildman–Crippen MR) is 131 cm³/mol. The summed E-state index contributed by atoms with van der Waals surface area (Å²) < 4.78 is 10.8. The standard InChI is InChI=1S/C27H25N3O3/c1-32-25-11-5-4-10-24(25)30-27-20-8-2-3-9-22(20)29-23-14-12-18(17-21(23)27)28-26(31)15-13-19-7-6-16-33-19/h4-7,10-17H,2-3,8-9H2,1H3,(H,28,31)(H,29,30)/b15-13+. The number of nitrogens with one attached hydrogen (secondary N) is 2. The lowest BCUT2D eigenvalue weighted by Crippen LogP contribution is -2.11. The van der Waals surface area contributed by atoms with Gasteiger partial charge in [0.2, 0.25) is 5.91 Å². The van der Waals surface area contributed by atoms with Crippen molar-refractivity contribution in [2.24, 2.45) is 0 Å². The molecule has 1 aliphatic rings. The molecule has 6 nitrogen and oxygen atoms in total. The molecule has 0 aliphatic heterocycles. The first-order valence-electron chi connectivity index (χ1n) is 11.1. The van der Waals surface area contributed by atoms with Crippen LogP contribution in [-0.2, 0) is 17.6 Å². The van der Waals surface area contributed by atoms with Gasteiger partial charge in [-0.25, -0.2) is 0 Å². The van der Waals surface area contributed by atoms with Gasteiger partial charge in [0.25, 0.3) is 0 Å². The topological polar surface area (TPSA) is 76.4 Å². The van der Waals surface area contributed by atoms with Gasteiger partial charge in [0.15, 0.2) is 0 Å². The Morgan fingerprint density at radius 3 is 2.82 bits per heavy atom.